The van der Waals surface area contributed by atoms with Crippen LogP contribution in [-0.2, 0) is 0 Å². The molecular weight excluding hydrogens is 353 g/mol. The number of alkyl halides is 3. The topological polar surface area (TPSA) is 25.4 Å². The minimum atomic E-state index is -4.70. The van der Waals surface area contributed by atoms with Gasteiger partial charge in [0.1, 0.15) is 5.75 Å². The average molecular weight is 372 g/mol. The molecule has 0 aliphatic carbocycles. The molecule has 1 aromatic carbocycles. The molecule has 2 aromatic rings. The van der Waals surface area contributed by atoms with E-state index < -0.39 is 6.36 Å². The number of anilines is 1. The van der Waals surface area contributed by atoms with Gasteiger partial charge in [-0.25, -0.2) is 0 Å². The maximum atomic E-state index is 12.2. The molecule has 0 radical (unpaired) electrons. The van der Waals surface area contributed by atoms with Gasteiger partial charge in [0.25, 0.3) is 0 Å². The lowest BCUT2D eigenvalue weighted by molar-refractivity contribution is -0.274. The standard InChI is InChI=1S/C21H19F3N2O/c1-16(2)18(5-4-17-10-13-25-14-11-17)12-15-26(3)19-6-8-20(9-7-19)27-21(22,23)24/h6-15H,1-3H3/b15-12-. The molecule has 0 unspecified atom stereocenters. The van der Waals surface area contributed by atoms with Crippen LogP contribution in [0.4, 0.5) is 18.9 Å². The Bertz CT molecular complexity index is 870. The molecule has 0 spiro atoms. The zero-order valence-corrected chi connectivity index (χ0v) is 15.2. The Hall–Kier alpha value is -3.20. The van der Waals surface area contributed by atoms with Crippen molar-refractivity contribution in [2.75, 3.05) is 11.9 Å². The largest absolute Gasteiger partial charge is 0.573 e. The van der Waals surface area contributed by atoms with Crippen molar-refractivity contribution in [2.24, 2.45) is 0 Å². The molecule has 0 bridgehead atoms. The Morgan fingerprint density at radius 1 is 1.07 bits per heavy atom. The summed E-state index contributed by atoms with van der Waals surface area (Å²) in [5.41, 5.74) is 3.49. The van der Waals surface area contributed by atoms with Gasteiger partial charge in [-0.3, -0.25) is 4.98 Å². The van der Waals surface area contributed by atoms with Crippen LogP contribution in [0, 0.1) is 11.8 Å². The predicted octanol–water partition coefficient (Wildman–Crippen LogP) is 5.32. The maximum Gasteiger partial charge on any atom is 0.573 e. The number of pyridine rings is 1. The van der Waals surface area contributed by atoms with E-state index in [1.165, 1.54) is 12.1 Å². The third kappa shape index (κ3) is 6.90. The highest BCUT2D eigenvalue weighted by molar-refractivity contribution is 5.53. The van der Waals surface area contributed by atoms with E-state index in [-0.39, 0.29) is 5.75 Å². The van der Waals surface area contributed by atoms with Gasteiger partial charge in [0.05, 0.1) is 0 Å². The van der Waals surface area contributed by atoms with Crippen molar-refractivity contribution in [3.63, 3.8) is 0 Å². The summed E-state index contributed by atoms with van der Waals surface area (Å²) in [4.78, 5) is 5.74. The van der Waals surface area contributed by atoms with Gasteiger partial charge in [0.2, 0.25) is 0 Å². The number of hydrogen-bond acceptors (Lipinski definition) is 3. The van der Waals surface area contributed by atoms with E-state index in [2.05, 4.69) is 21.6 Å². The molecular formula is C21H19F3N2O. The summed E-state index contributed by atoms with van der Waals surface area (Å²) in [5, 5.41) is 0. The number of halogens is 3. The minimum Gasteiger partial charge on any atom is -0.406 e. The van der Waals surface area contributed by atoms with Crippen LogP contribution in [0.3, 0.4) is 0 Å². The van der Waals surface area contributed by atoms with Crippen molar-refractivity contribution in [1.29, 1.82) is 0 Å². The molecule has 140 valence electrons. The monoisotopic (exact) mass is 372 g/mol. The smallest absolute Gasteiger partial charge is 0.406 e. The second kappa shape index (κ2) is 8.95. The van der Waals surface area contributed by atoms with Gasteiger partial charge >= 0.3 is 6.36 Å². The molecule has 1 heterocycles. The zero-order chi connectivity index (χ0) is 19.9. The SMILES string of the molecule is CC(C)=C(C#Cc1ccncc1)/C=C\N(C)c1ccc(OC(F)(F)F)cc1. The second-order valence-corrected chi connectivity index (χ2v) is 5.87. The van der Waals surface area contributed by atoms with Crippen LogP contribution < -0.4 is 9.64 Å². The first-order valence-electron chi connectivity index (χ1n) is 8.11. The quantitative estimate of drug-likeness (QED) is 0.537. The van der Waals surface area contributed by atoms with Crippen molar-refractivity contribution in [2.45, 2.75) is 20.2 Å². The van der Waals surface area contributed by atoms with Crippen molar-refractivity contribution in [1.82, 2.24) is 4.98 Å². The van der Waals surface area contributed by atoms with Gasteiger partial charge in [0, 0.05) is 42.5 Å². The Kier molecular flexibility index (Phi) is 6.67. The number of allylic oxidation sites excluding steroid dienone is 3. The Labute approximate surface area is 156 Å². The van der Waals surface area contributed by atoms with E-state index in [0.717, 1.165) is 22.4 Å². The van der Waals surface area contributed by atoms with Crippen molar-refractivity contribution >= 4 is 5.69 Å². The minimum absolute atomic E-state index is 0.253. The van der Waals surface area contributed by atoms with Crippen LogP contribution in [0.15, 0.2) is 72.2 Å². The Balaban J connectivity index is 2.10. The number of nitrogens with zero attached hydrogens (tertiary/aromatic N) is 2. The summed E-state index contributed by atoms with van der Waals surface area (Å²) in [6.07, 6.45) is 2.34. The molecule has 6 heteroatoms. The van der Waals surface area contributed by atoms with Crippen LogP contribution in [0.5, 0.6) is 5.75 Å². The lowest BCUT2D eigenvalue weighted by atomic mass is 10.1. The van der Waals surface area contributed by atoms with E-state index in [0.29, 0.717) is 0 Å². The normalized spacial score (nSPS) is 10.9. The highest BCUT2D eigenvalue weighted by Crippen LogP contribution is 2.25. The molecule has 1 aromatic heterocycles. The number of benzene rings is 1. The summed E-state index contributed by atoms with van der Waals surface area (Å²) in [6.45, 7) is 3.92. The molecule has 27 heavy (non-hydrogen) atoms. The van der Waals surface area contributed by atoms with Gasteiger partial charge in [-0.1, -0.05) is 17.4 Å². The predicted molar refractivity (Wildman–Crippen MR) is 100 cm³/mol. The Morgan fingerprint density at radius 2 is 1.70 bits per heavy atom. The summed E-state index contributed by atoms with van der Waals surface area (Å²) in [6, 6.07) is 9.31. The third-order valence-electron chi connectivity index (χ3n) is 3.50. The lowest BCUT2D eigenvalue weighted by Crippen LogP contribution is -2.17. The molecule has 0 amide bonds. The van der Waals surface area contributed by atoms with Crippen molar-refractivity contribution in [3.05, 3.63) is 77.8 Å². The first-order chi connectivity index (χ1) is 12.7. The fraction of sp³-hybridized carbons (Fsp3) is 0.190. The zero-order valence-electron chi connectivity index (χ0n) is 15.2. The molecule has 0 atom stereocenters. The third-order valence-corrected chi connectivity index (χ3v) is 3.50. The molecule has 0 aliphatic heterocycles. The van der Waals surface area contributed by atoms with E-state index in [4.69, 9.17) is 0 Å². The van der Waals surface area contributed by atoms with Crippen LogP contribution in [0.25, 0.3) is 0 Å². The highest BCUT2D eigenvalue weighted by Gasteiger charge is 2.30. The number of hydrogen-bond donors (Lipinski definition) is 0. The fourth-order valence-corrected chi connectivity index (χ4v) is 2.06. The molecule has 0 N–H and O–H groups in total. The van der Waals surface area contributed by atoms with Gasteiger partial charge in [0.15, 0.2) is 0 Å². The number of ether oxygens (including phenoxy) is 1. The molecule has 0 saturated heterocycles. The van der Waals surface area contributed by atoms with Gasteiger partial charge in [-0.05, 0) is 56.3 Å². The highest BCUT2D eigenvalue weighted by atomic mass is 19.4. The van der Waals surface area contributed by atoms with Crippen molar-refractivity contribution in [3.8, 4) is 17.6 Å². The number of rotatable bonds is 4. The van der Waals surface area contributed by atoms with E-state index in [9.17, 15) is 13.2 Å². The van der Waals surface area contributed by atoms with Crippen LogP contribution >= 0.6 is 0 Å². The summed E-state index contributed by atoms with van der Waals surface area (Å²) in [5.74, 6) is 5.95. The molecule has 0 fully saturated rings. The van der Waals surface area contributed by atoms with Crippen LogP contribution in [-0.4, -0.2) is 18.4 Å². The maximum absolute atomic E-state index is 12.2. The lowest BCUT2D eigenvalue weighted by Gasteiger charge is -2.15. The summed E-state index contributed by atoms with van der Waals surface area (Å²) >= 11 is 0. The van der Waals surface area contributed by atoms with Crippen LogP contribution in [0.2, 0.25) is 0 Å². The van der Waals surface area contributed by atoms with E-state index in [1.807, 2.05) is 38.3 Å². The van der Waals surface area contributed by atoms with E-state index >= 15 is 0 Å². The molecule has 0 saturated carbocycles. The van der Waals surface area contributed by atoms with Gasteiger partial charge in [-0.15, -0.1) is 13.2 Å². The first-order valence-corrected chi connectivity index (χ1v) is 8.11. The Morgan fingerprint density at radius 3 is 2.26 bits per heavy atom. The molecule has 0 aliphatic rings. The molecule has 3 nitrogen and oxygen atoms in total. The first kappa shape index (κ1) is 20.1. The fourth-order valence-electron chi connectivity index (χ4n) is 2.06. The summed E-state index contributed by atoms with van der Waals surface area (Å²) in [7, 11) is 1.80. The second-order valence-electron chi connectivity index (χ2n) is 5.87. The average Bonchev–Trinajstić information content (AvgIpc) is 2.61. The van der Waals surface area contributed by atoms with Gasteiger partial charge in [-0.2, -0.15) is 0 Å². The molecule has 2 rings (SSSR count). The van der Waals surface area contributed by atoms with Crippen molar-refractivity contribution < 1.29 is 17.9 Å². The summed E-state index contributed by atoms with van der Waals surface area (Å²) < 4.78 is 40.5. The van der Waals surface area contributed by atoms with Crippen LogP contribution in [0.1, 0.15) is 19.4 Å². The number of aromatic nitrogens is 1. The van der Waals surface area contributed by atoms with Gasteiger partial charge < -0.3 is 9.64 Å². The van der Waals surface area contributed by atoms with E-state index in [1.54, 1.807) is 36.5 Å².